The molecule has 4 heteroatoms. The van der Waals surface area contributed by atoms with Crippen molar-refractivity contribution >= 4 is 5.91 Å². The fourth-order valence-electron chi connectivity index (χ4n) is 7.32. The van der Waals surface area contributed by atoms with Crippen molar-refractivity contribution in [3.8, 4) is 0 Å². The van der Waals surface area contributed by atoms with Crippen molar-refractivity contribution in [3.05, 3.63) is 134 Å². The highest BCUT2D eigenvalue weighted by Crippen LogP contribution is 2.15. The standard InChI is InChI=1S/C61H101NO3/c1-3-5-7-9-11-13-15-17-19-21-23-25-26-27-28-29-30-31-32-33-34-35-36-37-39-41-43-45-47-49-51-53-55-57-61(65)62-59(58-63)60(64)56-54-52-50-48-46-44-42-40-38-24-22-20-18-16-14-12-10-8-6-4-2/h5,7,11,13,17,19,23,25,27-28,30-31,33-34,36-37,41,43,47,49,54,56,59-60,63-64H,3-4,6,8-10,12,14-16,18,20-22,24,26,29,32,35,38-40,42,44-46,48,50-53,55,57-58H2,1-2H3,(H,62,65)/b7-5-,13-11-,19-17-,25-23-,28-27-,31-30-,34-33-,37-36-,43-41-,49-47-,56-54+. The molecule has 0 aromatic heterocycles. The normalized spacial score (nSPS) is 14.0. The van der Waals surface area contributed by atoms with Crippen LogP contribution in [0.15, 0.2) is 134 Å². The van der Waals surface area contributed by atoms with Crippen molar-refractivity contribution in [2.45, 2.75) is 238 Å². The van der Waals surface area contributed by atoms with Crippen molar-refractivity contribution in [2.24, 2.45) is 0 Å². The number of amides is 1. The minimum atomic E-state index is -0.868. The van der Waals surface area contributed by atoms with Crippen LogP contribution in [0.1, 0.15) is 226 Å². The number of carbonyl (C=O) groups is 1. The smallest absolute Gasteiger partial charge is 0.220 e. The summed E-state index contributed by atoms with van der Waals surface area (Å²) in [5.41, 5.74) is 0. The van der Waals surface area contributed by atoms with Crippen LogP contribution in [0.3, 0.4) is 0 Å². The Morgan fingerprint density at radius 3 is 1.02 bits per heavy atom. The third-order valence-electron chi connectivity index (χ3n) is 11.4. The zero-order valence-electron chi connectivity index (χ0n) is 42.2. The first kappa shape index (κ1) is 61.5. The highest BCUT2D eigenvalue weighted by molar-refractivity contribution is 5.76. The zero-order chi connectivity index (χ0) is 47.0. The average molecular weight is 896 g/mol. The SMILES string of the molecule is CC/C=C\C/C=C\C/C=C\C/C=C\C/C=C\C/C=C\C/C=C\C/C=C\C/C=C\C/C=C\CCCCC(=O)NC(CO)C(O)/C=C/CCCCCCCCCCCCCCCCCCCC. The second-order valence-corrected chi connectivity index (χ2v) is 17.6. The summed E-state index contributed by atoms with van der Waals surface area (Å²) in [5.74, 6) is -0.111. The molecule has 1 amide bonds. The van der Waals surface area contributed by atoms with Gasteiger partial charge in [0, 0.05) is 6.42 Å². The summed E-state index contributed by atoms with van der Waals surface area (Å²) < 4.78 is 0. The van der Waals surface area contributed by atoms with Gasteiger partial charge in [0.05, 0.1) is 18.8 Å². The molecule has 0 saturated heterocycles. The number of carbonyl (C=O) groups excluding carboxylic acids is 1. The van der Waals surface area contributed by atoms with E-state index in [1.807, 2.05) is 6.08 Å². The van der Waals surface area contributed by atoms with Crippen molar-refractivity contribution in [1.82, 2.24) is 5.32 Å². The van der Waals surface area contributed by atoms with Crippen molar-refractivity contribution in [1.29, 1.82) is 0 Å². The molecule has 0 spiro atoms. The first-order chi connectivity index (χ1) is 32.2. The number of aliphatic hydroxyl groups is 2. The van der Waals surface area contributed by atoms with Crippen LogP contribution >= 0.6 is 0 Å². The number of hydrogen-bond donors (Lipinski definition) is 3. The predicted octanol–water partition coefficient (Wildman–Crippen LogP) is 17.9. The van der Waals surface area contributed by atoms with Crippen LogP contribution in [0, 0.1) is 0 Å². The van der Waals surface area contributed by atoms with Gasteiger partial charge in [-0.15, -0.1) is 0 Å². The molecule has 2 atom stereocenters. The highest BCUT2D eigenvalue weighted by atomic mass is 16.3. The molecular weight excluding hydrogens is 795 g/mol. The molecule has 0 aliphatic heterocycles. The Morgan fingerprint density at radius 1 is 0.385 bits per heavy atom. The highest BCUT2D eigenvalue weighted by Gasteiger charge is 2.17. The van der Waals surface area contributed by atoms with Crippen LogP contribution in [-0.4, -0.2) is 34.9 Å². The summed E-state index contributed by atoms with van der Waals surface area (Å²) in [7, 11) is 0. The first-order valence-electron chi connectivity index (χ1n) is 26.9. The minimum absolute atomic E-state index is 0.111. The topological polar surface area (TPSA) is 69.6 Å². The van der Waals surface area contributed by atoms with E-state index < -0.39 is 12.1 Å². The van der Waals surface area contributed by atoms with E-state index in [2.05, 4.69) is 141 Å². The maximum Gasteiger partial charge on any atom is 0.220 e. The molecule has 4 nitrogen and oxygen atoms in total. The van der Waals surface area contributed by atoms with E-state index >= 15 is 0 Å². The maximum absolute atomic E-state index is 12.4. The van der Waals surface area contributed by atoms with Crippen LogP contribution in [-0.2, 0) is 4.79 Å². The fraction of sp³-hybridized carbons (Fsp3) is 0.623. The number of hydrogen-bond acceptors (Lipinski definition) is 3. The largest absolute Gasteiger partial charge is 0.394 e. The quantitative estimate of drug-likeness (QED) is 0.0421. The van der Waals surface area contributed by atoms with Crippen LogP contribution in [0.25, 0.3) is 0 Å². The molecule has 0 saturated carbocycles. The fourth-order valence-corrected chi connectivity index (χ4v) is 7.32. The predicted molar refractivity (Wildman–Crippen MR) is 289 cm³/mol. The maximum atomic E-state index is 12.4. The van der Waals surface area contributed by atoms with E-state index in [0.717, 1.165) is 96.3 Å². The third kappa shape index (κ3) is 51.4. The lowest BCUT2D eigenvalue weighted by atomic mass is 10.0. The van der Waals surface area contributed by atoms with E-state index in [4.69, 9.17) is 0 Å². The van der Waals surface area contributed by atoms with Gasteiger partial charge in [0.2, 0.25) is 5.91 Å². The molecular formula is C61H101NO3. The molecule has 0 fully saturated rings. The van der Waals surface area contributed by atoms with Gasteiger partial charge in [-0.3, -0.25) is 4.79 Å². The number of unbranched alkanes of at least 4 members (excludes halogenated alkanes) is 20. The molecule has 368 valence electrons. The summed E-state index contributed by atoms with van der Waals surface area (Å²) in [6, 6.07) is -0.656. The lowest BCUT2D eigenvalue weighted by molar-refractivity contribution is -0.123. The lowest BCUT2D eigenvalue weighted by Crippen LogP contribution is -2.45. The molecule has 0 rings (SSSR count). The van der Waals surface area contributed by atoms with Gasteiger partial charge in [-0.2, -0.15) is 0 Å². The molecule has 0 aromatic rings. The van der Waals surface area contributed by atoms with Gasteiger partial charge in [-0.05, 0) is 96.3 Å². The number of nitrogens with one attached hydrogen (secondary N) is 1. The number of rotatable bonds is 47. The van der Waals surface area contributed by atoms with Gasteiger partial charge < -0.3 is 15.5 Å². The van der Waals surface area contributed by atoms with Gasteiger partial charge in [0.15, 0.2) is 0 Å². The van der Waals surface area contributed by atoms with E-state index in [1.165, 1.54) is 109 Å². The summed E-state index contributed by atoms with van der Waals surface area (Å²) in [6.07, 6.45) is 85.9. The summed E-state index contributed by atoms with van der Waals surface area (Å²) >= 11 is 0. The van der Waals surface area contributed by atoms with Crippen molar-refractivity contribution in [2.75, 3.05) is 6.61 Å². The molecule has 65 heavy (non-hydrogen) atoms. The monoisotopic (exact) mass is 896 g/mol. The van der Waals surface area contributed by atoms with Crippen LogP contribution in [0.5, 0.6) is 0 Å². The van der Waals surface area contributed by atoms with Crippen molar-refractivity contribution in [3.63, 3.8) is 0 Å². The van der Waals surface area contributed by atoms with Crippen LogP contribution < -0.4 is 5.32 Å². The molecule has 0 radical (unpaired) electrons. The van der Waals surface area contributed by atoms with Gasteiger partial charge in [-0.25, -0.2) is 0 Å². The van der Waals surface area contributed by atoms with Crippen molar-refractivity contribution < 1.29 is 15.0 Å². The van der Waals surface area contributed by atoms with Gasteiger partial charge in [-0.1, -0.05) is 257 Å². The van der Waals surface area contributed by atoms with Crippen LogP contribution in [0.4, 0.5) is 0 Å². The Bertz CT molecular complexity index is 1340. The minimum Gasteiger partial charge on any atom is -0.394 e. The first-order valence-corrected chi connectivity index (χ1v) is 26.9. The van der Waals surface area contributed by atoms with E-state index in [1.54, 1.807) is 6.08 Å². The summed E-state index contributed by atoms with van der Waals surface area (Å²) in [5, 5.41) is 23.1. The molecule has 2 unspecified atom stereocenters. The Labute approximate surface area is 402 Å². The molecule has 0 heterocycles. The van der Waals surface area contributed by atoms with Crippen LogP contribution in [0.2, 0.25) is 0 Å². The zero-order valence-corrected chi connectivity index (χ0v) is 42.2. The molecule has 0 bridgehead atoms. The summed E-state index contributed by atoms with van der Waals surface area (Å²) in [4.78, 5) is 12.4. The number of aliphatic hydroxyl groups excluding tert-OH is 2. The molecule has 3 N–H and O–H groups in total. The van der Waals surface area contributed by atoms with Gasteiger partial charge in [0.25, 0.3) is 0 Å². The second kappa shape index (κ2) is 54.9. The molecule has 0 aromatic carbocycles. The molecule has 0 aliphatic rings. The Balaban J connectivity index is 3.72. The second-order valence-electron chi connectivity index (χ2n) is 17.6. The van der Waals surface area contributed by atoms with E-state index in [0.29, 0.717) is 6.42 Å². The number of allylic oxidation sites excluding steroid dienone is 21. The van der Waals surface area contributed by atoms with E-state index in [9.17, 15) is 15.0 Å². The van der Waals surface area contributed by atoms with Gasteiger partial charge in [0.1, 0.15) is 0 Å². The third-order valence-corrected chi connectivity index (χ3v) is 11.4. The lowest BCUT2D eigenvalue weighted by Gasteiger charge is -2.19. The Hall–Kier alpha value is -3.47. The Morgan fingerprint density at radius 2 is 0.677 bits per heavy atom. The Kier molecular flexibility index (Phi) is 51.9. The van der Waals surface area contributed by atoms with Gasteiger partial charge >= 0.3 is 0 Å². The van der Waals surface area contributed by atoms with E-state index in [-0.39, 0.29) is 12.5 Å². The molecule has 0 aliphatic carbocycles. The summed E-state index contributed by atoms with van der Waals surface area (Å²) in [6.45, 7) is 4.18. The average Bonchev–Trinajstić information content (AvgIpc) is 3.31.